The van der Waals surface area contributed by atoms with Crippen molar-refractivity contribution in [2.24, 2.45) is 5.73 Å². The normalized spacial score (nSPS) is 26.4. The molecule has 3 N–H and O–H groups in total. The topological polar surface area (TPSA) is 84.7 Å². The number of hydrogen-bond acceptors (Lipinski definition) is 4. The molecule has 0 aliphatic carbocycles. The average molecular weight is 297 g/mol. The molecule has 2 heterocycles. The van der Waals surface area contributed by atoms with Gasteiger partial charge in [-0.05, 0) is 25.7 Å². The van der Waals surface area contributed by atoms with Crippen molar-refractivity contribution < 1.29 is 14.3 Å². The number of hydrogen-bond donors (Lipinski definition) is 2. The van der Waals surface area contributed by atoms with Gasteiger partial charge in [-0.3, -0.25) is 9.59 Å². The monoisotopic (exact) mass is 297 g/mol. The minimum absolute atomic E-state index is 0.000480. The first kappa shape index (κ1) is 16.2. The zero-order valence-electron chi connectivity index (χ0n) is 12.7. The van der Waals surface area contributed by atoms with E-state index in [1.807, 2.05) is 4.90 Å². The molecule has 0 aromatic rings. The van der Waals surface area contributed by atoms with E-state index in [2.05, 4.69) is 5.32 Å². The van der Waals surface area contributed by atoms with Gasteiger partial charge in [-0.2, -0.15) is 0 Å². The number of nitrogens with zero attached hydrogens (tertiary/aromatic N) is 1. The first-order valence-corrected chi connectivity index (χ1v) is 8.11. The van der Waals surface area contributed by atoms with E-state index in [0.717, 1.165) is 32.4 Å². The molecule has 0 radical (unpaired) electrons. The second-order valence-corrected chi connectivity index (χ2v) is 5.90. The van der Waals surface area contributed by atoms with E-state index in [9.17, 15) is 9.59 Å². The van der Waals surface area contributed by atoms with Gasteiger partial charge in [-0.1, -0.05) is 12.8 Å². The lowest BCUT2D eigenvalue weighted by Gasteiger charge is -2.20. The molecule has 2 saturated heterocycles. The van der Waals surface area contributed by atoms with Crippen LogP contribution in [0.2, 0.25) is 0 Å². The van der Waals surface area contributed by atoms with E-state index in [1.165, 1.54) is 12.8 Å². The maximum atomic E-state index is 12.1. The standard InChI is InChI=1S/C15H27N3O3/c16-11-12-5-6-13(21-12)15(20)17-8-7-14(19)18-9-3-1-2-4-10-18/h12-13H,1-11,16H2,(H,17,20)/t12-,13+/m1/s1. The molecule has 2 atom stereocenters. The Morgan fingerprint density at radius 2 is 1.86 bits per heavy atom. The smallest absolute Gasteiger partial charge is 0.249 e. The van der Waals surface area contributed by atoms with Crippen LogP contribution in [0.1, 0.15) is 44.9 Å². The number of nitrogens with two attached hydrogens (primary N) is 1. The van der Waals surface area contributed by atoms with Crippen LogP contribution in [-0.4, -0.2) is 55.1 Å². The maximum absolute atomic E-state index is 12.1. The summed E-state index contributed by atoms with van der Waals surface area (Å²) < 4.78 is 5.53. The van der Waals surface area contributed by atoms with Crippen LogP contribution in [-0.2, 0) is 14.3 Å². The number of nitrogens with one attached hydrogen (secondary N) is 1. The first-order chi connectivity index (χ1) is 10.2. The van der Waals surface area contributed by atoms with Crippen molar-refractivity contribution in [1.29, 1.82) is 0 Å². The van der Waals surface area contributed by atoms with Gasteiger partial charge in [-0.15, -0.1) is 0 Å². The molecule has 0 aromatic heterocycles. The van der Waals surface area contributed by atoms with Crippen LogP contribution in [0, 0.1) is 0 Å². The van der Waals surface area contributed by atoms with Crippen LogP contribution < -0.4 is 11.1 Å². The van der Waals surface area contributed by atoms with Gasteiger partial charge in [0, 0.05) is 32.6 Å². The van der Waals surface area contributed by atoms with E-state index in [-0.39, 0.29) is 17.9 Å². The van der Waals surface area contributed by atoms with Crippen LogP contribution in [0.25, 0.3) is 0 Å². The fourth-order valence-corrected chi connectivity index (χ4v) is 2.96. The van der Waals surface area contributed by atoms with Crippen molar-refractivity contribution in [3.63, 3.8) is 0 Å². The molecular weight excluding hydrogens is 270 g/mol. The van der Waals surface area contributed by atoms with Gasteiger partial charge in [0.1, 0.15) is 6.10 Å². The largest absolute Gasteiger partial charge is 0.364 e. The number of amides is 2. The second kappa shape index (κ2) is 8.34. The van der Waals surface area contributed by atoms with Crippen molar-refractivity contribution in [2.75, 3.05) is 26.2 Å². The first-order valence-electron chi connectivity index (χ1n) is 8.11. The molecule has 2 aliphatic rings. The van der Waals surface area contributed by atoms with Crippen molar-refractivity contribution in [3.8, 4) is 0 Å². The Kier molecular flexibility index (Phi) is 6.45. The molecule has 0 saturated carbocycles. The molecule has 0 aromatic carbocycles. The molecule has 2 aliphatic heterocycles. The molecule has 120 valence electrons. The summed E-state index contributed by atoms with van der Waals surface area (Å²) in [5, 5.41) is 2.80. The molecular formula is C15H27N3O3. The Morgan fingerprint density at radius 1 is 1.14 bits per heavy atom. The highest BCUT2D eigenvalue weighted by Gasteiger charge is 2.29. The average Bonchev–Trinajstić information content (AvgIpc) is 2.81. The molecule has 6 nitrogen and oxygen atoms in total. The Balaban J connectivity index is 1.64. The van der Waals surface area contributed by atoms with Gasteiger partial charge in [0.2, 0.25) is 11.8 Å². The number of carbonyl (C=O) groups is 2. The molecule has 2 fully saturated rings. The van der Waals surface area contributed by atoms with Gasteiger partial charge in [0.25, 0.3) is 0 Å². The van der Waals surface area contributed by atoms with Gasteiger partial charge in [0.15, 0.2) is 0 Å². The van der Waals surface area contributed by atoms with E-state index >= 15 is 0 Å². The summed E-state index contributed by atoms with van der Waals surface area (Å²) in [7, 11) is 0. The zero-order valence-corrected chi connectivity index (χ0v) is 12.7. The number of carbonyl (C=O) groups excluding carboxylic acids is 2. The van der Waals surface area contributed by atoms with Gasteiger partial charge < -0.3 is 20.7 Å². The zero-order chi connectivity index (χ0) is 15.1. The third-order valence-electron chi connectivity index (χ3n) is 4.26. The summed E-state index contributed by atoms with van der Waals surface area (Å²) in [5.41, 5.74) is 5.52. The summed E-state index contributed by atoms with van der Waals surface area (Å²) in [4.78, 5) is 25.9. The fourth-order valence-electron chi connectivity index (χ4n) is 2.96. The molecule has 6 heteroatoms. The SMILES string of the molecule is NC[C@H]1CC[C@@H](C(=O)NCCC(=O)N2CCCCCC2)O1. The van der Waals surface area contributed by atoms with Crippen LogP contribution in [0.3, 0.4) is 0 Å². The minimum Gasteiger partial charge on any atom is -0.364 e. The molecule has 2 amide bonds. The Morgan fingerprint density at radius 3 is 2.48 bits per heavy atom. The minimum atomic E-state index is -0.396. The Bertz CT molecular complexity index is 354. The predicted molar refractivity (Wildman–Crippen MR) is 79.6 cm³/mol. The number of rotatable bonds is 5. The highest BCUT2D eigenvalue weighted by molar-refractivity contribution is 5.82. The molecule has 21 heavy (non-hydrogen) atoms. The lowest BCUT2D eigenvalue weighted by Crippen LogP contribution is -2.39. The van der Waals surface area contributed by atoms with Crippen LogP contribution in [0.4, 0.5) is 0 Å². The third kappa shape index (κ3) is 4.97. The summed E-state index contributed by atoms with van der Waals surface area (Å²) in [6.07, 6.45) is 6.13. The van der Waals surface area contributed by atoms with Crippen molar-refractivity contribution in [2.45, 2.75) is 57.2 Å². The summed E-state index contributed by atoms with van der Waals surface area (Å²) in [5.74, 6) is 0.0268. The van der Waals surface area contributed by atoms with Gasteiger partial charge in [0.05, 0.1) is 6.10 Å². The van der Waals surface area contributed by atoms with E-state index in [4.69, 9.17) is 10.5 Å². The Labute approximate surface area is 126 Å². The van der Waals surface area contributed by atoms with E-state index in [0.29, 0.717) is 25.9 Å². The molecule has 0 bridgehead atoms. The van der Waals surface area contributed by atoms with Crippen LogP contribution >= 0.6 is 0 Å². The Hall–Kier alpha value is -1.14. The third-order valence-corrected chi connectivity index (χ3v) is 4.26. The molecule has 0 spiro atoms. The summed E-state index contributed by atoms with van der Waals surface area (Å²) >= 11 is 0. The lowest BCUT2D eigenvalue weighted by molar-refractivity contribution is -0.133. The van der Waals surface area contributed by atoms with Crippen molar-refractivity contribution in [1.82, 2.24) is 10.2 Å². The van der Waals surface area contributed by atoms with E-state index < -0.39 is 6.10 Å². The maximum Gasteiger partial charge on any atom is 0.249 e. The van der Waals surface area contributed by atoms with E-state index in [1.54, 1.807) is 0 Å². The van der Waals surface area contributed by atoms with Crippen LogP contribution in [0.15, 0.2) is 0 Å². The fraction of sp³-hybridized carbons (Fsp3) is 0.867. The second-order valence-electron chi connectivity index (χ2n) is 5.90. The van der Waals surface area contributed by atoms with Gasteiger partial charge >= 0.3 is 0 Å². The number of ether oxygens (including phenoxy) is 1. The lowest BCUT2D eigenvalue weighted by atomic mass is 10.2. The highest BCUT2D eigenvalue weighted by Crippen LogP contribution is 2.18. The predicted octanol–water partition coefficient (Wildman–Crippen LogP) is 0.402. The van der Waals surface area contributed by atoms with Crippen molar-refractivity contribution >= 4 is 11.8 Å². The summed E-state index contributed by atoms with van der Waals surface area (Å²) in [6.45, 7) is 2.56. The quantitative estimate of drug-likeness (QED) is 0.769. The van der Waals surface area contributed by atoms with Crippen LogP contribution in [0.5, 0.6) is 0 Å². The van der Waals surface area contributed by atoms with Gasteiger partial charge in [-0.25, -0.2) is 0 Å². The highest BCUT2D eigenvalue weighted by atomic mass is 16.5. The molecule has 0 unspecified atom stereocenters. The van der Waals surface area contributed by atoms with Crippen molar-refractivity contribution in [3.05, 3.63) is 0 Å². The summed E-state index contributed by atoms with van der Waals surface area (Å²) in [6, 6.07) is 0. The number of likely N-dealkylation sites (tertiary alicyclic amines) is 1. The molecule has 2 rings (SSSR count).